The van der Waals surface area contributed by atoms with E-state index in [1.807, 2.05) is 6.07 Å². The number of nitrogens with one attached hydrogen (secondary N) is 1. The van der Waals surface area contributed by atoms with Crippen LogP contribution in [0.4, 0.5) is 4.39 Å². The Morgan fingerprint density at radius 2 is 2.16 bits per heavy atom. The van der Waals surface area contributed by atoms with Crippen molar-refractivity contribution in [3.8, 4) is 0 Å². The zero-order valence-corrected chi connectivity index (χ0v) is 14.4. The van der Waals surface area contributed by atoms with Crippen LogP contribution in [-0.2, 0) is 25.5 Å². The smallest absolute Gasteiger partial charge is 0.239 e. The SMILES string of the molecule is CO[C@H]1[C@H](CNC(=O)Cn2ccc3ccc(F)cc32)COC[C@H]1OC. The van der Waals surface area contributed by atoms with Gasteiger partial charge >= 0.3 is 0 Å². The number of halogens is 1. The molecule has 0 aliphatic carbocycles. The van der Waals surface area contributed by atoms with Gasteiger partial charge in [0.05, 0.1) is 24.8 Å². The van der Waals surface area contributed by atoms with Crippen LogP contribution in [0.25, 0.3) is 10.9 Å². The van der Waals surface area contributed by atoms with Gasteiger partial charge in [-0.25, -0.2) is 4.39 Å². The Balaban J connectivity index is 1.59. The monoisotopic (exact) mass is 350 g/mol. The fourth-order valence-corrected chi connectivity index (χ4v) is 3.30. The van der Waals surface area contributed by atoms with Crippen LogP contribution in [0.15, 0.2) is 30.5 Å². The lowest BCUT2D eigenvalue weighted by atomic mass is 9.96. The Morgan fingerprint density at radius 3 is 2.92 bits per heavy atom. The van der Waals surface area contributed by atoms with Crippen LogP contribution in [-0.4, -0.2) is 56.7 Å². The predicted molar refractivity (Wildman–Crippen MR) is 90.8 cm³/mol. The first kappa shape index (κ1) is 17.8. The molecular formula is C18H23FN2O4. The average molecular weight is 350 g/mol. The molecule has 1 saturated heterocycles. The number of amides is 1. The van der Waals surface area contributed by atoms with Gasteiger partial charge in [-0.15, -0.1) is 0 Å². The standard InChI is InChI=1S/C18H23FN2O4/c1-23-16-11-25-10-13(18(16)24-2)8-20-17(22)9-21-6-5-12-3-4-14(19)7-15(12)21/h3-7,13,16,18H,8-11H2,1-2H3,(H,20,22)/t13-,16-,18+/m1/s1. The number of ether oxygens (including phenoxy) is 3. The van der Waals surface area contributed by atoms with Gasteiger partial charge in [0.1, 0.15) is 18.5 Å². The summed E-state index contributed by atoms with van der Waals surface area (Å²) in [7, 11) is 3.26. The van der Waals surface area contributed by atoms with Crippen molar-refractivity contribution in [1.82, 2.24) is 9.88 Å². The first-order valence-corrected chi connectivity index (χ1v) is 8.26. The minimum absolute atomic E-state index is 0.0199. The van der Waals surface area contributed by atoms with Gasteiger partial charge in [-0.1, -0.05) is 0 Å². The van der Waals surface area contributed by atoms with Crippen LogP contribution in [0.2, 0.25) is 0 Å². The maximum absolute atomic E-state index is 13.4. The fourth-order valence-electron chi connectivity index (χ4n) is 3.30. The predicted octanol–water partition coefficient (Wildman–Crippen LogP) is 1.57. The van der Waals surface area contributed by atoms with E-state index in [0.29, 0.717) is 25.3 Å². The van der Waals surface area contributed by atoms with Gasteiger partial charge in [-0.2, -0.15) is 0 Å². The molecule has 1 aliphatic rings. The highest BCUT2D eigenvalue weighted by Crippen LogP contribution is 2.20. The molecule has 136 valence electrons. The molecule has 2 aromatic rings. The largest absolute Gasteiger partial charge is 0.378 e. The molecule has 3 atom stereocenters. The molecule has 1 aromatic heterocycles. The summed E-state index contributed by atoms with van der Waals surface area (Å²) in [4.78, 5) is 12.3. The van der Waals surface area contributed by atoms with E-state index >= 15 is 0 Å². The topological polar surface area (TPSA) is 61.7 Å². The Bertz CT molecular complexity index is 733. The quantitative estimate of drug-likeness (QED) is 0.859. The van der Waals surface area contributed by atoms with E-state index in [9.17, 15) is 9.18 Å². The van der Waals surface area contributed by atoms with E-state index in [4.69, 9.17) is 14.2 Å². The molecule has 0 spiro atoms. The third-order valence-electron chi connectivity index (χ3n) is 4.63. The lowest BCUT2D eigenvalue weighted by molar-refractivity contribution is -0.147. The lowest BCUT2D eigenvalue weighted by Crippen LogP contribution is -2.50. The van der Waals surface area contributed by atoms with Crippen LogP contribution in [0.5, 0.6) is 0 Å². The van der Waals surface area contributed by atoms with E-state index in [-0.39, 0.29) is 36.4 Å². The van der Waals surface area contributed by atoms with E-state index < -0.39 is 0 Å². The Labute approximate surface area is 145 Å². The third kappa shape index (κ3) is 4.00. The molecule has 7 heteroatoms. The fraction of sp³-hybridized carbons (Fsp3) is 0.500. The minimum atomic E-state index is -0.319. The number of benzene rings is 1. The molecular weight excluding hydrogens is 327 g/mol. The first-order chi connectivity index (χ1) is 12.1. The summed E-state index contributed by atoms with van der Waals surface area (Å²) in [5, 5.41) is 3.81. The van der Waals surface area contributed by atoms with Crippen molar-refractivity contribution in [2.24, 2.45) is 5.92 Å². The third-order valence-corrected chi connectivity index (χ3v) is 4.63. The molecule has 1 aliphatic heterocycles. The highest BCUT2D eigenvalue weighted by molar-refractivity contribution is 5.83. The molecule has 3 rings (SSSR count). The van der Waals surface area contributed by atoms with Gasteiger partial charge in [-0.3, -0.25) is 4.79 Å². The lowest BCUT2D eigenvalue weighted by Gasteiger charge is -2.36. The average Bonchev–Trinajstić information content (AvgIpc) is 3.01. The van der Waals surface area contributed by atoms with Crippen molar-refractivity contribution in [3.63, 3.8) is 0 Å². The van der Waals surface area contributed by atoms with Crippen LogP contribution < -0.4 is 5.32 Å². The molecule has 1 amide bonds. The van der Waals surface area contributed by atoms with Crippen molar-refractivity contribution < 1.29 is 23.4 Å². The van der Waals surface area contributed by atoms with E-state index in [2.05, 4.69) is 5.32 Å². The molecule has 0 unspecified atom stereocenters. The zero-order valence-electron chi connectivity index (χ0n) is 14.4. The number of aromatic nitrogens is 1. The number of carbonyl (C=O) groups is 1. The van der Waals surface area contributed by atoms with Gasteiger partial charge < -0.3 is 24.1 Å². The Morgan fingerprint density at radius 1 is 1.32 bits per heavy atom. The van der Waals surface area contributed by atoms with E-state index in [0.717, 1.165) is 5.39 Å². The molecule has 1 aromatic carbocycles. The summed E-state index contributed by atoms with van der Waals surface area (Å²) in [5.74, 6) is -0.441. The Hall–Kier alpha value is -1.96. The summed E-state index contributed by atoms with van der Waals surface area (Å²) < 4.78 is 31.6. The number of fused-ring (bicyclic) bond motifs is 1. The number of rotatable bonds is 6. The normalized spacial score (nSPS) is 23.7. The van der Waals surface area contributed by atoms with Crippen LogP contribution >= 0.6 is 0 Å². The molecule has 0 bridgehead atoms. The molecule has 1 N–H and O–H groups in total. The summed E-state index contributed by atoms with van der Waals surface area (Å²) in [6, 6.07) is 6.41. The molecule has 2 heterocycles. The van der Waals surface area contributed by atoms with Crippen molar-refractivity contribution >= 4 is 16.8 Å². The number of carbonyl (C=O) groups excluding carboxylic acids is 1. The maximum Gasteiger partial charge on any atom is 0.239 e. The number of nitrogens with zero attached hydrogens (tertiary/aromatic N) is 1. The van der Waals surface area contributed by atoms with E-state index in [1.54, 1.807) is 31.0 Å². The molecule has 1 fully saturated rings. The first-order valence-electron chi connectivity index (χ1n) is 8.26. The van der Waals surface area contributed by atoms with Gasteiger partial charge in [0.15, 0.2) is 0 Å². The summed E-state index contributed by atoms with van der Waals surface area (Å²) in [5.41, 5.74) is 0.699. The summed E-state index contributed by atoms with van der Waals surface area (Å²) in [6.07, 6.45) is 1.52. The molecule has 6 nitrogen and oxygen atoms in total. The van der Waals surface area contributed by atoms with Crippen molar-refractivity contribution in [2.75, 3.05) is 34.0 Å². The maximum atomic E-state index is 13.4. The summed E-state index contributed by atoms with van der Waals surface area (Å²) >= 11 is 0. The second kappa shape index (κ2) is 7.95. The number of methoxy groups -OCH3 is 2. The second-order valence-corrected chi connectivity index (χ2v) is 6.22. The van der Waals surface area contributed by atoms with Crippen molar-refractivity contribution in [3.05, 3.63) is 36.3 Å². The van der Waals surface area contributed by atoms with Gasteiger partial charge in [0.2, 0.25) is 5.91 Å². The van der Waals surface area contributed by atoms with E-state index in [1.165, 1.54) is 12.1 Å². The molecule has 25 heavy (non-hydrogen) atoms. The van der Waals surface area contributed by atoms with Crippen LogP contribution in [0, 0.1) is 11.7 Å². The van der Waals surface area contributed by atoms with Crippen LogP contribution in [0.3, 0.4) is 0 Å². The van der Waals surface area contributed by atoms with Crippen molar-refractivity contribution in [1.29, 1.82) is 0 Å². The minimum Gasteiger partial charge on any atom is -0.378 e. The van der Waals surface area contributed by atoms with Crippen molar-refractivity contribution in [2.45, 2.75) is 18.8 Å². The van der Waals surface area contributed by atoms with Gasteiger partial charge in [0.25, 0.3) is 0 Å². The zero-order chi connectivity index (χ0) is 17.8. The summed E-state index contributed by atoms with van der Waals surface area (Å²) in [6.45, 7) is 1.56. The molecule has 0 radical (unpaired) electrons. The highest BCUT2D eigenvalue weighted by atomic mass is 19.1. The highest BCUT2D eigenvalue weighted by Gasteiger charge is 2.34. The number of hydrogen-bond acceptors (Lipinski definition) is 4. The second-order valence-electron chi connectivity index (χ2n) is 6.22. The van der Waals surface area contributed by atoms with Crippen LogP contribution in [0.1, 0.15) is 0 Å². The number of hydrogen-bond donors (Lipinski definition) is 1. The van der Waals surface area contributed by atoms with Gasteiger partial charge in [0, 0.05) is 32.9 Å². The Kier molecular flexibility index (Phi) is 5.67. The van der Waals surface area contributed by atoms with Gasteiger partial charge in [-0.05, 0) is 29.7 Å². The molecule has 0 saturated carbocycles.